The molecular weight excluding hydrogens is 2050 g/mol. The largest absolute Gasteiger partial charge is 0.401 e. The Morgan fingerprint density at radius 2 is 0.792 bits per heavy atom. The molecule has 8 aromatic heterocycles. The summed E-state index contributed by atoms with van der Waals surface area (Å²) in [5.41, 5.74) is 9.87. The highest BCUT2D eigenvalue weighted by Gasteiger charge is 2.29. The average molecular weight is 2160 g/mol. The van der Waals surface area contributed by atoms with E-state index in [-0.39, 0.29) is 86.7 Å². The molecule has 9 heterocycles. The van der Waals surface area contributed by atoms with Gasteiger partial charge in [0, 0.05) is 103 Å². The van der Waals surface area contributed by atoms with Gasteiger partial charge in [-0.1, -0.05) is 108 Å². The van der Waals surface area contributed by atoms with Gasteiger partial charge in [-0.15, -0.1) is 71.4 Å². The third-order valence-electron chi connectivity index (χ3n) is 20.8. The van der Waals surface area contributed by atoms with Gasteiger partial charge in [-0.2, -0.15) is 0 Å². The number of benzene rings is 7. The van der Waals surface area contributed by atoms with Gasteiger partial charge in [0.05, 0.1) is 13.2 Å². The monoisotopic (exact) mass is 2150 g/mol. The second-order valence-corrected chi connectivity index (χ2v) is 39.0. The smallest absolute Gasteiger partial charge is 0.199 e. The lowest BCUT2D eigenvalue weighted by Crippen LogP contribution is -2.21. The lowest BCUT2D eigenvalue weighted by Gasteiger charge is -2.21. The number of carbonyl (C=O) groups excluding carboxylic acids is 7. The van der Waals surface area contributed by atoms with Crippen LogP contribution in [-0.2, 0) is 49.8 Å². The topological polar surface area (TPSA) is 369 Å². The maximum absolute atomic E-state index is 12.8. The molecule has 0 unspecified atom stereocenters. The van der Waals surface area contributed by atoms with E-state index in [1.165, 1.54) is 301 Å². The molecule has 15 aromatic rings. The third-order valence-corrected chi connectivity index (χ3v) is 26.3. The van der Waals surface area contributed by atoms with E-state index in [1.54, 1.807) is 62.2 Å². The second-order valence-electron chi connectivity index (χ2n) is 32.9. The van der Waals surface area contributed by atoms with E-state index in [0.717, 1.165) is 90.1 Å². The number of hydrogen-bond donors (Lipinski definition) is 1. The van der Waals surface area contributed by atoms with E-state index in [2.05, 4.69) is 94.0 Å². The van der Waals surface area contributed by atoms with Gasteiger partial charge in [0.1, 0.15) is 76.7 Å². The summed E-state index contributed by atoms with van der Waals surface area (Å²) in [6.07, 6.45) is 23.9. The molecular formula is C105H101F7N22O8S7. The Bertz CT molecular complexity index is 7240. The molecule has 1 aliphatic heterocycles. The number of fused-ring (bicyclic) bond motifs is 2. The van der Waals surface area contributed by atoms with E-state index in [4.69, 9.17) is 10.5 Å². The highest BCUT2D eigenvalue weighted by molar-refractivity contribution is 8.03. The molecule has 0 spiro atoms. The molecule has 149 heavy (non-hydrogen) atoms. The molecule has 0 amide bonds. The molecule has 1 saturated carbocycles. The van der Waals surface area contributed by atoms with Crippen LogP contribution in [0.2, 0.25) is 0 Å². The van der Waals surface area contributed by atoms with Crippen LogP contribution >= 0.6 is 82.3 Å². The summed E-state index contributed by atoms with van der Waals surface area (Å²) in [5.74, 6) is -0.170. The lowest BCUT2D eigenvalue weighted by molar-refractivity contribution is 0.103. The Labute approximate surface area is 883 Å². The first-order valence-corrected chi connectivity index (χ1v) is 52.0. The maximum Gasteiger partial charge on any atom is 0.199 e. The van der Waals surface area contributed by atoms with Gasteiger partial charge in [0.25, 0.3) is 0 Å². The lowest BCUT2D eigenvalue weighted by atomic mass is 10.1. The maximum atomic E-state index is 12.8. The molecule has 30 nitrogen and oxygen atoms in total. The highest BCUT2D eigenvalue weighted by Crippen LogP contribution is 2.39. The molecule has 7 aromatic carbocycles. The molecule has 0 atom stereocenters. The molecule has 2 N–H and O–H groups in total. The number of hydrogen-bond acceptors (Lipinski definition) is 30. The number of ketones is 7. The molecule has 44 heteroatoms. The summed E-state index contributed by atoms with van der Waals surface area (Å²) in [6, 6.07) is 44.4. The predicted octanol–water partition coefficient (Wildman–Crippen LogP) is 22.8. The molecule has 0 bridgehead atoms. The van der Waals surface area contributed by atoms with E-state index >= 15 is 0 Å². The van der Waals surface area contributed by atoms with Crippen LogP contribution in [-0.4, -0.2) is 157 Å². The van der Waals surface area contributed by atoms with E-state index < -0.39 is 0 Å². The fraction of sp³-hybridized carbons (Fsp3) is 0.210. The molecule has 0 saturated heterocycles. The van der Waals surface area contributed by atoms with Gasteiger partial charge < -0.3 is 37.9 Å². The number of allylic oxidation sites excluding steroid dienone is 8. The van der Waals surface area contributed by atoms with Crippen molar-refractivity contribution in [1.29, 1.82) is 0 Å². The van der Waals surface area contributed by atoms with Gasteiger partial charge in [0.15, 0.2) is 82.2 Å². The minimum atomic E-state index is -0.375. The van der Waals surface area contributed by atoms with E-state index in [0.29, 0.717) is 96.8 Å². The minimum absolute atomic E-state index is 0.124. The number of ether oxygens (including phenoxy) is 1. The zero-order valence-corrected chi connectivity index (χ0v) is 87.4. The van der Waals surface area contributed by atoms with E-state index in [9.17, 15) is 64.3 Å². The van der Waals surface area contributed by atoms with Crippen molar-refractivity contribution in [3.05, 3.63) is 403 Å². The number of methoxy groups -OCH3 is 1. The standard InChI is InChI=1S/C16H16FN3OS.C15H15FN4OS.C15H14FN3OS.C15H10FN3OS.2C15H16FN3OS.C14H14FN3O2S/c17-13-7-5-12(6-8-13)14(21)9-11-22-16-19-18-15-4-2-1-3-10-20(15)16;1-10(17)9-20-11(2)18-19-15(20)22-8-7-14(21)12-3-5-13(16)6-4-12;1-10-17-18-15(19(10)13-6-7-13)21-9-8-14(20)11-2-4-12(16)5-3-11;16-12-6-4-11(5-7-12)13(20)8-10-21-15-18-17-14-3-1-2-9-19(14)15;1-15(2,3)19-10-17-18-14(19)21-9-8-13(20)11-4-6-12(16)7-5-11;1-3-4-14-17-18-15(19(14)2)21-10-9-13(20)11-5-7-12(16)8-6-11;1-20-8-7-18-10-16-17-14(18)21-9-6-13(19)11-2-4-12(15)5-3-11/h5-9,11H,1-4,10H2;3-8H,1,9,17H2,2H3;2-5,8-9,13H,6-7H2,1H3;1-10H;4-10H,1-3H3;5-10H,3-4H2,1-2H3;2-6,9-10H,7-8H2,1H3/b11-9+;8-7+;9-8+;10-8+;9-8+;10-9+;9-6+. The molecule has 1 aliphatic carbocycles. The van der Waals surface area contributed by atoms with Crippen molar-refractivity contribution in [3.63, 3.8) is 0 Å². The molecule has 770 valence electrons. The first-order valence-electron chi connectivity index (χ1n) is 45.8. The van der Waals surface area contributed by atoms with Crippen LogP contribution in [0.5, 0.6) is 0 Å². The second kappa shape index (κ2) is 58.8. The van der Waals surface area contributed by atoms with Crippen LogP contribution < -0.4 is 5.73 Å². The Morgan fingerprint density at radius 1 is 0.423 bits per heavy atom. The van der Waals surface area contributed by atoms with Gasteiger partial charge >= 0.3 is 0 Å². The van der Waals surface area contributed by atoms with Gasteiger partial charge in [0.2, 0.25) is 0 Å². The number of nitrogens with two attached hydrogens (primary N) is 1. The fourth-order valence-corrected chi connectivity index (χ4v) is 18.0. The summed E-state index contributed by atoms with van der Waals surface area (Å²) >= 11 is 9.26. The molecule has 1 fully saturated rings. The quantitative estimate of drug-likeness (QED) is 0.0165. The van der Waals surface area contributed by atoms with E-state index in [1.807, 2.05) is 84.2 Å². The SMILES string of the molecule is C=C(N)Cn1c(C)nnc1S/C=C/C(=O)c1ccc(F)cc1.CC(C)(C)n1cnnc1S/C=C/C(=O)c1ccc(F)cc1.CCCc1nnc(S/C=C/C(=O)c2ccc(F)cc2)n1C.COCCn1cnnc1S/C=C/C(=O)c1ccc(F)cc1.Cc1nnc(S/C=C/C(=O)c2ccc(F)cc2)n1C1CC1.O=C(/C=C/Sc1nnc2ccccn12)c1ccc(F)cc1.O=C(/C=C/Sc1nnc2n1CCCCC2)c1ccc(F)cc1. The Kier molecular flexibility index (Phi) is 45.2. The number of aromatic nitrogens is 21. The summed E-state index contributed by atoms with van der Waals surface area (Å²) in [6.45, 7) is 18.2. The van der Waals surface area contributed by atoms with Crippen LogP contribution in [0.3, 0.4) is 0 Å². The number of halogens is 7. The van der Waals surface area contributed by atoms with Crippen molar-refractivity contribution in [2.45, 2.75) is 160 Å². The van der Waals surface area contributed by atoms with Crippen molar-refractivity contribution >= 4 is 128 Å². The van der Waals surface area contributed by atoms with Crippen LogP contribution in [0.4, 0.5) is 30.7 Å². The van der Waals surface area contributed by atoms with Crippen molar-refractivity contribution in [2.24, 2.45) is 12.8 Å². The van der Waals surface area contributed by atoms with Crippen LogP contribution in [0.25, 0.3) is 5.65 Å². The fourth-order valence-electron chi connectivity index (χ4n) is 12.9. The van der Waals surface area contributed by atoms with Gasteiger partial charge in [-0.05, 0) is 329 Å². The first kappa shape index (κ1) is 115. The Hall–Kier alpha value is -14.7. The number of pyridine rings is 1. The number of aryl methyl sites for hydroxylation is 4. The highest BCUT2D eigenvalue weighted by atomic mass is 32.2. The Balaban J connectivity index is 0.000000165. The van der Waals surface area contributed by atoms with Crippen molar-refractivity contribution < 1.29 is 69.0 Å². The van der Waals surface area contributed by atoms with Crippen molar-refractivity contribution in [3.8, 4) is 0 Å². The predicted molar refractivity (Wildman–Crippen MR) is 564 cm³/mol. The third kappa shape index (κ3) is 37.0. The summed E-state index contributed by atoms with van der Waals surface area (Å²) in [4.78, 5) is 83.3. The van der Waals surface area contributed by atoms with Gasteiger partial charge in [-0.3, -0.25) is 38.0 Å². The van der Waals surface area contributed by atoms with Crippen LogP contribution in [0, 0.1) is 54.6 Å². The van der Waals surface area contributed by atoms with Crippen LogP contribution in [0.1, 0.15) is 168 Å². The van der Waals surface area contributed by atoms with Crippen molar-refractivity contribution in [1.82, 2.24) is 103 Å². The number of thioether (sulfide) groups is 7. The minimum Gasteiger partial charge on any atom is -0.401 e. The van der Waals surface area contributed by atoms with Crippen molar-refractivity contribution in [2.75, 3.05) is 13.7 Å². The zero-order valence-electron chi connectivity index (χ0n) is 81.7. The number of rotatable bonds is 36. The summed E-state index contributed by atoms with van der Waals surface area (Å²) in [5, 5.41) is 73.2. The van der Waals surface area contributed by atoms with Gasteiger partial charge in [-0.25, -0.2) is 30.7 Å². The molecule has 2 aliphatic rings. The molecule has 0 radical (unpaired) electrons. The zero-order chi connectivity index (χ0) is 107. The normalized spacial score (nSPS) is 12.3. The summed E-state index contributed by atoms with van der Waals surface area (Å²) in [7, 11) is 3.53. The Morgan fingerprint density at radius 3 is 1.21 bits per heavy atom. The summed E-state index contributed by atoms with van der Waals surface area (Å²) < 4.78 is 108. The number of carbonyl (C=O) groups is 7. The average Bonchev–Trinajstić information content (AvgIpc) is 1.64. The molecule has 17 rings (SSSR count). The van der Waals surface area contributed by atoms with Crippen LogP contribution in [0.15, 0.2) is 336 Å². The number of nitrogens with zero attached hydrogens (tertiary/aromatic N) is 21. The first-order chi connectivity index (χ1) is 71.8.